The summed E-state index contributed by atoms with van der Waals surface area (Å²) in [6, 6.07) is 12.1. The molecule has 2 heterocycles. The second kappa shape index (κ2) is 11.5. The Hall–Kier alpha value is -2.54. The van der Waals surface area contributed by atoms with Crippen LogP contribution in [0.25, 0.3) is 16.7 Å². The largest absolute Gasteiger partial charge is 1.00 e. The highest BCUT2D eigenvalue weighted by Gasteiger charge is 2.23. The van der Waals surface area contributed by atoms with E-state index in [0.717, 1.165) is 11.6 Å². The number of thioether (sulfide) groups is 1. The summed E-state index contributed by atoms with van der Waals surface area (Å²) in [5, 5.41) is 20.6. The van der Waals surface area contributed by atoms with Gasteiger partial charge in [0.25, 0.3) is 0 Å². The molecular formula is C23H27BrN6O3S2. The zero-order chi connectivity index (χ0) is 24.3. The summed E-state index contributed by atoms with van der Waals surface area (Å²) in [6.07, 6.45) is 4.32. The van der Waals surface area contributed by atoms with E-state index in [1.807, 2.05) is 62.0 Å². The van der Waals surface area contributed by atoms with Gasteiger partial charge in [-0.25, -0.2) is 17.7 Å². The molecule has 0 fully saturated rings. The molecule has 0 saturated heterocycles. The predicted molar refractivity (Wildman–Crippen MR) is 131 cm³/mol. The lowest BCUT2D eigenvalue weighted by molar-refractivity contribution is -0.713. The summed E-state index contributed by atoms with van der Waals surface area (Å²) in [5.41, 5.74) is 2.07. The molecule has 1 unspecified atom stereocenters. The number of hydrogen-bond donors (Lipinski definition) is 2. The molecule has 12 heteroatoms. The number of aromatic nitrogens is 5. The molecule has 4 rings (SSSR count). The van der Waals surface area contributed by atoms with E-state index >= 15 is 0 Å². The van der Waals surface area contributed by atoms with Gasteiger partial charge < -0.3 is 22.1 Å². The van der Waals surface area contributed by atoms with Crippen molar-refractivity contribution in [1.82, 2.24) is 24.7 Å². The van der Waals surface area contributed by atoms with Gasteiger partial charge in [0.2, 0.25) is 10.0 Å². The summed E-state index contributed by atoms with van der Waals surface area (Å²) in [4.78, 5) is 5.64. The maximum atomic E-state index is 13.2. The minimum atomic E-state index is -3.84. The molecule has 35 heavy (non-hydrogen) atoms. The molecule has 2 aromatic carbocycles. The molecular weight excluding hydrogens is 552 g/mol. The smallest absolute Gasteiger partial charge is 0.358 e. The van der Waals surface area contributed by atoms with Gasteiger partial charge in [0.1, 0.15) is 28.7 Å². The molecule has 0 bridgehead atoms. The molecule has 186 valence electrons. The van der Waals surface area contributed by atoms with Crippen LogP contribution in [0.3, 0.4) is 0 Å². The standard InChI is InChI=1S/C23H26N6O3S2.BrH/c1-4-16(2)18-14-17(34(31,32)25-11-13-33-23-24-10-7-12-28(23)3)15-21(22(18)30)29-26-19-8-5-6-9-20(19)27-29;/h5-10,12,14-16,25H,4,11,13H2,1-3H3;1H. The van der Waals surface area contributed by atoms with Crippen molar-refractivity contribution in [2.75, 3.05) is 12.3 Å². The van der Waals surface area contributed by atoms with E-state index in [1.54, 1.807) is 6.20 Å². The number of nitrogens with zero attached hydrogens (tertiary/aromatic N) is 5. The van der Waals surface area contributed by atoms with Gasteiger partial charge >= 0.3 is 5.16 Å². The SMILES string of the molecule is CCC(C)c1cc(S(=O)(=O)NCCSc2nccc[n+]2C)cc(-n2nc3ccccc3n2)c1O.[Br-]. The van der Waals surface area contributed by atoms with Crippen molar-refractivity contribution in [1.29, 1.82) is 0 Å². The first-order chi connectivity index (χ1) is 16.3. The van der Waals surface area contributed by atoms with E-state index in [-0.39, 0.29) is 45.8 Å². The summed E-state index contributed by atoms with van der Waals surface area (Å²) in [5.74, 6) is 0.435. The molecule has 0 aliphatic heterocycles. The highest BCUT2D eigenvalue weighted by Crippen LogP contribution is 2.35. The number of rotatable bonds is 9. The number of nitrogens with one attached hydrogen (secondary N) is 1. The van der Waals surface area contributed by atoms with Crippen LogP contribution < -0.4 is 26.3 Å². The normalized spacial score (nSPS) is 12.4. The summed E-state index contributed by atoms with van der Waals surface area (Å²) < 4.78 is 30.9. The van der Waals surface area contributed by atoms with Crippen molar-refractivity contribution in [3.63, 3.8) is 0 Å². The lowest BCUT2D eigenvalue weighted by Gasteiger charge is -2.17. The summed E-state index contributed by atoms with van der Waals surface area (Å²) in [6.45, 7) is 4.15. The third-order valence-electron chi connectivity index (χ3n) is 5.56. The fraction of sp³-hybridized carbons (Fsp3) is 0.304. The van der Waals surface area contributed by atoms with E-state index in [1.165, 1.54) is 28.7 Å². The number of aryl methyl sites for hydroxylation is 1. The van der Waals surface area contributed by atoms with E-state index in [0.29, 0.717) is 22.3 Å². The van der Waals surface area contributed by atoms with Gasteiger partial charge in [-0.05, 0) is 53.4 Å². The third-order valence-corrected chi connectivity index (χ3v) is 8.06. The molecule has 9 nitrogen and oxygen atoms in total. The number of aromatic hydroxyl groups is 1. The van der Waals surface area contributed by atoms with Gasteiger partial charge in [0, 0.05) is 23.9 Å². The van der Waals surface area contributed by atoms with Crippen molar-refractivity contribution in [3.05, 3.63) is 60.4 Å². The Morgan fingerprint density at radius 1 is 1.17 bits per heavy atom. The molecule has 0 spiro atoms. The molecule has 0 aliphatic rings. The molecule has 1 atom stereocenters. The zero-order valence-electron chi connectivity index (χ0n) is 19.6. The Labute approximate surface area is 219 Å². The van der Waals surface area contributed by atoms with Crippen LogP contribution in [0.4, 0.5) is 0 Å². The average molecular weight is 580 g/mol. The average Bonchev–Trinajstić information content (AvgIpc) is 3.26. The molecule has 0 aliphatic carbocycles. The van der Waals surface area contributed by atoms with Gasteiger partial charge in [0.05, 0.1) is 18.1 Å². The lowest BCUT2D eigenvalue weighted by atomic mass is 9.97. The second-order valence-corrected chi connectivity index (χ2v) is 10.8. The fourth-order valence-electron chi connectivity index (χ4n) is 3.45. The minimum Gasteiger partial charge on any atom is -1.00 e. The quantitative estimate of drug-likeness (QED) is 0.124. The van der Waals surface area contributed by atoms with Gasteiger partial charge in [-0.1, -0.05) is 26.0 Å². The van der Waals surface area contributed by atoms with E-state index in [4.69, 9.17) is 0 Å². The van der Waals surface area contributed by atoms with Gasteiger partial charge in [-0.2, -0.15) is 0 Å². The monoisotopic (exact) mass is 578 g/mol. The van der Waals surface area contributed by atoms with Crippen molar-refractivity contribution in [2.24, 2.45) is 7.05 Å². The van der Waals surface area contributed by atoms with E-state index in [9.17, 15) is 13.5 Å². The lowest BCUT2D eigenvalue weighted by Crippen LogP contribution is -3.00. The van der Waals surface area contributed by atoms with Gasteiger partial charge in [-0.15, -0.1) is 15.0 Å². The molecule has 2 N–H and O–H groups in total. The number of benzene rings is 2. The number of phenolic OH excluding ortho intramolecular Hbond substituents is 1. The van der Waals surface area contributed by atoms with Crippen LogP contribution in [0.2, 0.25) is 0 Å². The zero-order valence-corrected chi connectivity index (χ0v) is 22.8. The highest BCUT2D eigenvalue weighted by molar-refractivity contribution is 7.99. The van der Waals surface area contributed by atoms with Crippen molar-refractivity contribution >= 4 is 32.8 Å². The summed E-state index contributed by atoms with van der Waals surface area (Å²) >= 11 is 1.46. The van der Waals surface area contributed by atoms with Gasteiger partial charge in [-0.3, -0.25) is 0 Å². The highest BCUT2D eigenvalue weighted by atomic mass is 79.9. The van der Waals surface area contributed by atoms with Crippen molar-refractivity contribution in [3.8, 4) is 11.4 Å². The predicted octanol–water partition coefficient (Wildman–Crippen LogP) is -0.0663. The second-order valence-electron chi connectivity index (χ2n) is 7.93. The first-order valence-corrected chi connectivity index (χ1v) is 13.4. The Balaban J connectivity index is 0.00000342. The third kappa shape index (κ3) is 6.00. The first-order valence-electron chi connectivity index (χ1n) is 10.9. The maximum Gasteiger partial charge on any atom is 0.358 e. The molecule has 0 radical (unpaired) electrons. The minimum absolute atomic E-state index is 0. The number of hydrogen-bond acceptors (Lipinski definition) is 7. The van der Waals surface area contributed by atoms with Crippen LogP contribution in [0.15, 0.2) is 64.9 Å². The Bertz CT molecular complexity index is 1400. The topological polar surface area (TPSA) is 114 Å². The number of sulfonamides is 1. The van der Waals surface area contributed by atoms with Crippen LogP contribution in [0.5, 0.6) is 5.75 Å². The number of halogens is 1. The Morgan fingerprint density at radius 2 is 1.86 bits per heavy atom. The number of fused-ring (bicyclic) bond motifs is 1. The van der Waals surface area contributed by atoms with Crippen LogP contribution in [0, 0.1) is 0 Å². The Kier molecular flexibility index (Phi) is 8.86. The fourth-order valence-corrected chi connectivity index (χ4v) is 5.46. The van der Waals surface area contributed by atoms with Gasteiger partial charge in [0.15, 0.2) is 0 Å². The van der Waals surface area contributed by atoms with Crippen LogP contribution >= 0.6 is 11.8 Å². The van der Waals surface area contributed by atoms with Crippen LogP contribution in [0.1, 0.15) is 31.7 Å². The molecule has 4 aromatic rings. The number of phenols is 1. The molecule has 0 saturated carbocycles. The molecule has 2 aromatic heterocycles. The molecule has 0 amide bonds. The summed E-state index contributed by atoms with van der Waals surface area (Å²) in [7, 11) is -1.95. The van der Waals surface area contributed by atoms with Crippen molar-refractivity contribution < 1.29 is 35.1 Å². The first kappa shape index (κ1) is 27.1. The Morgan fingerprint density at radius 3 is 2.49 bits per heavy atom. The van der Waals surface area contributed by atoms with E-state index < -0.39 is 10.0 Å². The van der Waals surface area contributed by atoms with Crippen LogP contribution in [-0.2, 0) is 17.1 Å². The van der Waals surface area contributed by atoms with Crippen LogP contribution in [-0.4, -0.2) is 45.8 Å². The van der Waals surface area contributed by atoms with E-state index in [2.05, 4.69) is 19.9 Å². The maximum absolute atomic E-state index is 13.2. The van der Waals surface area contributed by atoms with Crippen molar-refractivity contribution in [2.45, 2.75) is 36.2 Å².